The molecule has 1 amide bonds. The van der Waals surface area contributed by atoms with Gasteiger partial charge in [0.25, 0.3) is 0 Å². The molecule has 19 heavy (non-hydrogen) atoms. The number of carbonyl (C=O) groups is 1. The molecule has 1 aromatic carbocycles. The Hall–Kier alpha value is -1.91. The lowest BCUT2D eigenvalue weighted by molar-refractivity contribution is 0.0635. The normalized spacial score (nSPS) is 17.8. The van der Waals surface area contributed by atoms with Crippen molar-refractivity contribution in [2.75, 3.05) is 17.2 Å². The van der Waals surface area contributed by atoms with Gasteiger partial charge in [0.05, 0.1) is 17.9 Å². The minimum atomic E-state index is -0.522. The number of amides is 1. The van der Waals surface area contributed by atoms with Crippen molar-refractivity contribution in [1.82, 2.24) is 0 Å². The molecule has 1 aromatic rings. The summed E-state index contributed by atoms with van der Waals surface area (Å²) in [6.45, 7) is 8.20. The van der Waals surface area contributed by atoms with Crippen LogP contribution in [0.2, 0.25) is 0 Å². The zero-order chi connectivity index (χ0) is 14.0. The highest BCUT2D eigenvalue weighted by Crippen LogP contribution is 2.36. The molecule has 1 heterocycles. The first kappa shape index (κ1) is 13.5. The summed E-state index contributed by atoms with van der Waals surface area (Å²) in [6.07, 6.45) is -0.420. The van der Waals surface area contributed by atoms with E-state index in [2.05, 4.69) is 10.6 Å². The quantitative estimate of drug-likeness (QED) is 0.817. The monoisotopic (exact) mass is 264 g/mol. The summed E-state index contributed by atoms with van der Waals surface area (Å²) in [7, 11) is 0. The Labute approximate surface area is 113 Å². The van der Waals surface area contributed by atoms with Gasteiger partial charge in [-0.1, -0.05) is 6.07 Å². The molecule has 0 aromatic heterocycles. The second-order valence-electron chi connectivity index (χ2n) is 5.62. The Morgan fingerprint density at radius 2 is 2.21 bits per heavy atom. The third-order valence-electron chi connectivity index (χ3n) is 2.55. The zero-order valence-corrected chi connectivity index (χ0v) is 11.7. The van der Waals surface area contributed by atoms with Crippen molar-refractivity contribution in [2.45, 2.75) is 39.4 Å². The average molecular weight is 264 g/mol. The highest BCUT2D eigenvalue weighted by atomic mass is 16.6. The molecule has 5 heteroatoms. The summed E-state index contributed by atoms with van der Waals surface area (Å²) in [5.41, 5.74) is 0.975. The van der Waals surface area contributed by atoms with Crippen LogP contribution < -0.4 is 15.4 Å². The van der Waals surface area contributed by atoms with Crippen molar-refractivity contribution < 1.29 is 14.3 Å². The Kier molecular flexibility index (Phi) is 3.55. The minimum absolute atomic E-state index is 0.0640. The maximum atomic E-state index is 11.8. The summed E-state index contributed by atoms with van der Waals surface area (Å²) in [6, 6.07) is 5.57. The standard InChI is InChI=1S/C14H20N2O3/c1-9-8-15-10-6-5-7-11(12(10)18-9)16-13(17)19-14(2,3)4/h5-7,9,15H,8H2,1-4H3,(H,16,17)/t9-/m1/s1. The Morgan fingerprint density at radius 1 is 1.47 bits per heavy atom. The molecule has 1 aliphatic rings. The molecule has 1 aliphatic heterocycles. The molecule has 104 valence electrons. The van der Waals surface area contributed by atoms with Gasteiger partial charge in [-0.05, 0) is 39.8 Å². The fraction of sp³-hybridized carbons (Fsp3) is 0.500. The molecule has 5 nitrogen and oxygen atoms in total. The molecule has 2 N–H and O–H groups in total. The molecule has 0 unspecified atom stereocenters. The first-order valence-corrected chi connectivity index (χ1v) is 6.39. The lowest BCUT2D eigenvalue weighted by Crippen LogP contribution is -2.30. The maximum Gasteiger partial charge on any atom is 0.412 e. The third-order valence-corrected chi connectivity index (χ3v) is 2.55. The van der Waals surface area contributed by atoms with E-state index in [4.69, 9.17) is 9.47 Å². The smallest absolute Gasteiger partial charge is 0.412 e. The first-order chi connectivity index (χ1) is 8.85. The highest BCUT2D eigenvalue weighted by Gasteiger charge is 2.21. The maximum absolute atomic E-state index is 11.8. The van der Waals surface area contributed by atoms with Crippen molar-refractivity contribution in [3.05, 3.63) is 18.2 Å². The molecular formula is C14H20N2O3. The summed E-state index contributed by atoms with van der Waals surface area (Å²) in [5.74, 6) is 0.659. The van der Waals surface area contributed by atoms with E-state index < -0.39 is 11.7 Å². The molecule has 0 fully saturated rings. The van der Waals surface area contributed by atoms with Gasteiger partial charge < -0.3 is 14.8 Å². The zero-order valence-electron chi connectivity index (χ0n) is 11.7. The van der Waals surface area contributed by atoms with Gasteiger partial charge in [0.15, 0.2) is 5.75 Å². The van der Waals surface area contributed by atoms with Crippen molar-refractivity contribution in [3.8, 4) is 5.75 Å². The van der Waals surface area contributed by atoms with Gasteiger partial charge >= 0.3 is 6.09 Å². The van der Waals surface area contributed by atoms with Gasteiger partial charge in [-0.25, -0.2) is 4.79 Å². The Bertz CT molecular complexity index is 480. The predicted octanol–water partition coefficient (Wildman–Crippen LogP) is 3.23. The SMILES string of the molecule is C[C@@H]1CNc2cccc(NC(=O)OC(C)(C)C)c2O1. The summed E-state index contributed by atoms with van der Waals surface area (Å²) < 4.78 is 11.0. The molecule has 0 spiro atoms. The minimum Gasteiger partial charge on any atom is -0.485 e. The van der Waals surface area contributed by atoms with Crippen LogP contribution in [0.3, 0.4) is 0 Å². The number of benzene rings is 1. The number of carbonyl (C=O) groups excluding carboxylic acids is 1. The second-order valence-corrected chi connectivity index (χ2v) is 5.62. The van der Waals surface area contributed by atoms with Crippen LogP contribution in [-0.4, -0.2) is 24.3 Å². The van der Waals surface area contributed by atoms with E-state index in [1.54, 1.807) is 6.07 Å². The van der Waals surface area contributed by atoms with E-state index in [9.17, 15) is 4.79 Å². The number of fused-ring (bicyclic) bond motifs is 1. The second kappa shape index (κ2) is 4.99. The number of hydrogen-bond donors (Lipinski definition) is 2. The summed E-state index contributed by atoms with van der Waals surface area (Å²) in [4.78, 5) is 11.8. The molecule has 0 aliphatic carbocycles. The molecule has 0 bridgehead atoms. The lowest BCUT2D eigenvalue weighted by atomic mass is 10.2. The predicted molar refractivity (Wildman–Crippen MR) is 74.9 cm³/mol. The number of rotatable bonds is 1. The van der Waals surface area contributed by atoms with E-state index in [0.717, 1.165) is 12.2 Å². The fourth-order valence-electron chi connectivity index (χ4n) is 1.81. The van der Waals surface area contributed by atoms with Crippen LogP contribution in [0.5, 0.6) is 5.75 Å². The van der Waals surface area contributed by atoms with Gasteiger partial charge in [0.1, 0.15) is 11.7 Å². The van der Waals surface area contributed by atoms with Crippen LogP contribution in [0.1, 0.15) is 27.7 Å². The molecule has 2 rings (SSSR count). The Balaban J connectivity index is 2.15. The van der Waals surface area contributed by atoms with Crippen LogP contribution in [0, 0.1) is 0 Å². The van der Waals surface area contributed by atoms with Crippen LogP contribution in [0.15, 0.2) is 18.2 Å². The average Bonchev–Trinajstić information content (AvgIpc) is 2.27. The molecular weight excluding hydrogens is 244 g/mol. The van der Waals surface area contributed by atoms with Crippen LogP contribution >= 0.6 is 0 Å². The van der Waals surface area contributed by atoms with Gasteiger partial charge in [-0.2, -0.15) is 0 Å². The summed E-state index contributed by atoms with van der Waals surface area (Å²) >= 11 is 0. The molecule has 0 radical (unpaired) electrons. The van der Waals surface area contributed by atoms with Gasteiger partial charge in [0, 0.05) is 0 Å². The third kappa shape index (κ3) is 3.53. The lowest BCUT2D eigenvalue weighted by Gasteiger charge is -2.27. The van der Waals surface area contributed by atoms with E-state index in [1.807, 2.05) is 39.8 Å². The summed E-state index contributed by atoms with van der Waals surface area (Å²) in [5, 5.41) is 5.98. The van der Waals surface area contributed by atoms with E-state index in [0.29, 0.717) is 11.4 Å². The highest BCUT2D eigenvalue weighted by molar-refractivity contribution is 5.89. The van der Waals surface area contributed by atoms with Gasteiger partial charge in [0.2, 0.25) is 0 Å². The topological polar surface area (TPSA) is 59.6 Å². The van der Waals surface area contributed by atoms with E-state index in [1.165, 1.54) is 0 Å². The van der Waals surface area contributed by atoms with Gasteiger partial charge in [-0.3, -0.25) is 5.32 Å². The van der Waals surface area contributed by atoms with Crippen molar-refractivity contribution in [1.29, 1.82) is 0 Å². The number of para-hydroxylation sites is 1. The fourth-order valence-corrected chi connectivity index (χ4v) is 1.81. The number of anilines is 2. The number of nitrogens with one attached hydrogen (secondary N) is 2. The van der Waals surface area contributed by atoms with Crippen molar-refractivity contribution >= 4 is 17.5 Å². The van der Waals surface area contributed by atoms with Crippen molar-refractivity contribution in [3.63, 3.8) is 0 Å². The van der Waals surface area contributed by atoms with Crippen molar-refractivity contribution in [2.24, 2.45) is 0 Å². The number of hydrogen-bond acceptors (Lipinski definition) is 4. The largest absolute Gasteiger partial charge is 0.485 e. The molecule has 1 atom stereocenters. The first-order valence-electron chi connectivity index (χ1n) is 6.39. The molecule has 0 saturated carbocycles. The molecule has 0 saturated heterocycles. The van der Waals surface area contributed by atoms with E-state index in [-0.39, 0.29) is 6.10 Å². The Morgan fingerprint density at radius 3 is 2.89 bits per heavy atom. The van der Waals surface area contributed by atoms with Crippen LogP contribution in [0.4, 0.5) is 16.2 Å². The van der Waals surface area contributed by atoms with E-state index >= 15 is 0 Å². The number of ether oxygens (including phenoxy) is 2. The van der Waals surface area contributed by atoms with Crippen LogP contribution in [-0.2, 0) is 4.74 Å². The van der Waals surface area contributed by atoms with Gasteiger partial charge in [-0.15, -0.1) is 0 Å². The van der Waals surface area contributed by atoms with Crippen LogP contribution in [0.25, 0.3) is 0 Å².